The number of thiophene rings is 1. The van der Waals surface area contributed by atoms with Crippen molar-refractivity contribution in [2.75, 3.05) is 0 Å². The molecule has 0 unspecified atom stereocenters. The van der Waals surface area contributed by atoms with Crippen molar-refractivity contribution >= 4 is 64.7 Å². The highest BCUT2D eigenvalue weighted by Crippen LogP contribution is 2.42. The van der Waals surface area contributed by atoms with Crippen LogP contribution in [-0.4, -0.2) is 29.5 Å². The Balaban J connectivity index is 1.56. The van der Waals surface area contributed by atoms with Gasteiger partial charge in [-0.25, -0.2) is 24.9 Å². The van der Waals surface area contributed by atoms with Gasteiger partial charge in [0.1, 0.15) is 0 Å². The Bertz CT molecular complexity index is 2110. The first kappa shape index (κ1) is 19.5. The van der Waals surface area contributed by atoms with Crippen LogP contribution in [-0.2, 0) is 0 Å². The summed E-state index contributed by atoms with van der Waals surface area (Å²) in [6.45, 7) is 0. The highest BCUT2D eigenvalue weighted by molar-refractivity contribution is 7.26. The molecule has 0 bridgehead atoms. The lowest BCUT2D eigenvalue weighted by molar-refractivity contribution is 1.05. The molecule has 0 amide bonds. The number of rotatable bonds is 2. The normalized spacial score (nSPS) is 11.9. The maximum Gasteiger partial charge on any atom is 0.199 e. The summed E-state index contributed by atoms with van der Waals surface area (Å²) in [5.41, 5.74) is 6.06. The van der Waals surface area contributed by atoms with Gasteiger partial charge in [-0.05, 0) is 30.3 Å². The first-order chi connectivity index (χ1) is 17.8. The minimum atomic E-state index is 0.515. The van der Waals surface area contributed by atoms with E-state index in [9.17, 15) is 0 Å². The molecule has 0 saturated carbocycles. The van der Waals surface area contributed by atoms with Gasteiger partial charge in [-0.15, -0.1) is 11.3 Å². The molecule has 0 radical (unpaired) electrons. The minimum absolute atomic E-state index is 0.515. The van der Waals surface area contributed by atoms with E-state index in [-0.39, 0.29) is 0 Å². The zero-order chi connectivity index (χ0) is 23.6. The van der Waals surface area contributed by atoms with Gasteiger partial charge in [0, 0.05) is 43.5 Å². The molecule has 8 rings (SSSR count). The molecule has 0 aliphatic heterocycles. The van der Waals surface area contributed by atoms with Crippen LogP contribution in [0.1, 0.15) is 0 Å². The van der Waals surface area contributed by atoms with E-state index in [4.69, 9.17) is 9.97 Å². The SMILES string of the molecule is c1ccc(-c2ccc3c(n2)c2ccc4sc5ccccc5c4c2n3-c2cnc3nccnc3n2)cc1. The monoisotopic (exact) mass is 480 g/mol. The van der Waals surface area contributed by atoms with Crippen molar-refractivity contribution < 1.29 is 0 Å². The Morgan fingerprint density at radius 3 is 2.39 bits per heavy atom. The summed E-state index contributed by atoms with van der Waals surface area (Å²) in [4.78, 5) is 23.3. The van der Waals surface area contributed by atoms with E-state index in [0.29, 0.717) is 17.1 Å². The third-order valence-corrected chi connectivity index (χ3v) is 7.73. The topological polar surface area (TPSA) is 69.4 Å². The lowest BCUT2D eigenvalue weighted by atomic mass is 10.1. The fraction of sp³-hybridized carbons (Fsp3) is 0. The Kier molecular flexibility index (Phi) is 4.00. The summed E-state index contributed by atoms with van der Waals surface area (Å²) in [6, 6.07) is 27.4. The van der Waals surface area contributed by atoms with Crippen LogP contribution in [0, 0.1) is 0 Å². The second-order valence-electron chi connectivity index (χ2n) is 8.63. The highest BCUT2D eigenvalue weighted by atomic mass is 32.1. The molecular weight excluding hydrogens is 464 g/mol. The zero-order valence-electron chi connectivity index (χ0n) is 18.8. The van der Waals surface area contributed by atoms with Crippen LogP contribution in [0.2, 0.25) is 0 Å². The second-order valence-corrected chi connectivity index (χ2v) is 9.71. The maximum atomic E-state index is 5.16. The summed E-state index contributed by atoms with van der Waals surface area (Å²) in [5, 5.41) is 3.51. The largest absolute Gasteiger partial charge is 0.290 e. The quantitative estimate of drug-likeness (QED) is 0.268. The van der Waals surface area contributed by atoms with Crippen molar-refractivity contribution in [3.63, 3.8) is 0 Å². The fourth-order valence-electron chi connectivity index (χ4n) is 5.04. The van der Waals surface area contributed by atoms with E-state index in [0.717, 1.165) is 33.2 Å². The number of fused-ring (bicyclic) bond motifs is 8. The van der Waals surface area contributed by atoms with Crippen molar-refractivity contribution in [3.05, 3.63) is 97.5 Å². The van der Waals surface area contributed by atoms with Crippen molar-refractivity contribution in [2.45, 2.75) is 0 Å². The maximum absolute atomic E-state index is 5.16. The van der Waals surface area contributed by atoms with E-state index < -0.39 is 0 Å². The molecular formula is C29H16N6S. The third-order valence-electron chi connectivity index (χ3n) is 6.59. The molecule has 0 fully saturated rings. The lowest BCUT2D eigenvalue weighted by Gasteiger charge is -2.08. The molecule has 0 atom stereocenters. The summed E-state index contributed by atoms with van der Waals surface area (Å²) < 4.78 is 4.66. The van der Waals surface area contributed by atoms with E-state index in [2.05, 4.69) is 80.2 Å². The van der Waals surface area contributed by atoms with Crippen LogP contribution in [0.15, 0.2) is 97.5 Å². The fourth-order valence-corrected chi connectivity index (χ4v) is 6.15. The van der Waals surface area contributed by atoms with E-state index in [1.165, 1.54) is 20.2 Å². The standard InChI is InChI=1S/C29H16N6S/c1-2-6-17(7-3-1)20-11-12-21-26(33-20)19-10-13-23-25(18-8-4-5-9-22(18)36-23)27(19)35(21)24-16-32-28-29(34-24)31-15-14-30-28/h1-16H. The van der Waals surface area contributed by atoms with Crippen molar-refractivity contribution in [3.8, 4) is 17.1 Å². The van der Waals surface area contributed by atoms with Gasteiger partial charge in [0.2, 0.25) is 0 Å². The van der Waals surface area contributed by atoms with Gasteiger partial charge in [-0.3, -0.25) is 4.57 Å². The number of aromatic nitrogens is 6. The highest BCUT2D eigenvalue weighted by Gasteiger charge is 2.20. The summed E-state index contributed by atoms with van der Waals surface area (Å²) >= 11 is 1.80. The molecule has 0 saturated heterocycles. The van der Waals surface area contributed by atoms with E-state index >= 15 is 0 Å². The number of hydrogen-bond acceptors (Lipinski definition) is 6. The Morgan fingerprint density at radius 2 is 1.47 bits per heavy atom. The molecule has 0 aliphatic rings. The molecule has 0 aliphatic carbocycles. The van der Waals surface area contributed by atoms with Gasteiger partial charge in [0.05, 0.1) is 28.4 Å². The van der Waals surface area contributed by atoms with Crippen molar-refractivity contribution in [2.24, 2.45) is 0 Å². The van der Waals surface area contributed by atoms with Crippen molar-refractivity contribution in [1.82, 2.24) is 29.5 Å². The lowest BCUT2D eigenvalue weighted by Crippen LogP contribution is -2.01. The average Bonchev–Trinajstić information content (AvgIpc) is 3.48. The second kappa shape index (κ2) is 7.37. The van der Waals surface area contributed by atoms with Gasteiger partial charge in [0.25, 0.3) is 0 Å². The molecule has 0 N–H and O–H groups in total. The Hall–Kier alpha value is -4.75. The van der Waals surface area contributed by atoms with E-state index in [1.807, 2.05) is 18.2 Å². The van der Waals surface area contributed by atoms with Crippen LogP contribution < -0.4 is 0 Å². The average molecular weight is 481 g/mol. The Morgan fingerprint density at radius 1 is 0.639 bits per heavy atom. The molecule has 6 nitrogen and oxygen atoms in total. The summed E-state index contributed by atoms with van der Waals surface area (Å²) in [6.07, 6.45) is 5.05. The molecule has 168 valence electrons. The molecule has 3 aromatic carbocycles. The van der Waals surface area contributed by atoms with Gasteiger partial charge in [0.15, 0.2) is 17.1 Å². The van der Waals surface area contributed by atoms with Gasteiger partial charge < -0.3 is 0 Å². The number of pyridine rings is 1. The number of nitrogens with zero attached hydrogens (tertiary/aromatic N) is 6. The molecule has 5 aromatic heterocycles. The Labute approximate surface area is 208 Å². The van der Waals surface area contributed by atoms with Crippen molar-refractivity contribution in [1.29, 1.82) is 0 Å². The molecule has 5 heterocycles. The minimum Gasteiger partial charge on any atom is -0.290 e. The molecule has 0 spiro atoms. The van der Waals surface area contributed by atoms with Gasteiger partial charge in [-0.2, -0.15) is 0 Å². The molecule has 8 aromatic rings. The smallest absolute Gasteiger partial charge is 0.199 e. The van der Waals surface area contributed by atoms with E-state index in [1.54, 1.807) is 29.9 Å². The predicted molar refractivity (Wildman–Crippen MR) is 146 cm³/mol. The number of hydrogen-bond donors (Lipinski definition) is 0. The van der Waals surface area contributed by atoms with Gasteiger partial charge >= 0.3 is 0 Å². The van der Waals surface area contributed by atoms with Crippen LogP contribution in [0.4, 0.5) is 0 Å². The number of benzene rings is 3. The molecule has 7 heteroatoms. The summed E-state index contributed by atoms with van der Waals surface area (Å²) in [7, 11) is 0. The van der Waals surface area contributed by atoms with Crippen LogP contribution in [0.25, 0.3) is 70.5 Å². The third kappa shape index (κ3) is 2.74. The van der Waals surface area contributed by atoms with Crippen LogP contribution in [0.5, 0.6) is 0 Å². The first-order valence-corrected chi connectivity index (χ1v) is 12.4. The van der Waals surface area contributed by atoms with Gasteiger partial charge in [-0.1, -0.05) is 48.5 Å². The summed E-state index contributed by atoms with van der Waals surface area (Å²) in [5.74, 6) is 0.694. The first-order valence-electron chi connectivity index (χ1n) is 11.6. The predicted octanol–water partition coefficient (Wildman–Crippen LogP) is 6.95. The van der Waals surface area contributed by atoms with Crippen LogP contribution >= 0.6 is 11.3 Å². The molecule has 36 heavy (non-hydrogen) atoms. The van der Waals surface area contributed by atoms with Crippen LogP contribution in [0.3, 0.4) is 0 Å². The zero-order valence-corrected chi connectivity index (χ0v) is 19.6.